The number of alkyl halides is 3. The molecule has 0 radical (unpaired) electrons. The van der Waals surface area contributed by atoms with Gasteiger partial charge in [-0.05, 0) is 49.4 Å². The molecule has 0 aromatic heterocycles. The van der Waals surface area contributed by atoms with Crippen LogP contribution in [0.3, 0.4) is 0 Å². The van der Waals surface area contributed by atoms with Crippen molar-refractivity contribution in [3.8, 4) is 0 Å². The monoisotopic (exact) mass is 365 g/mol. The van der Waals surface area contributed by atoms with Gasteiger partial charge in [-0.25, -0.2) is 0 Å². The van der Waals surface area contributed by atoms with E-state index in [1.807, 2.05) is 30.3 Å². The van der Waals surface area contributed by atoms with Crippen LogP contribution >= 0.6 is 0 Å². The fourth-order valence-electron chi connectivity index (χ4n) is 2.73. The minimum absolute atomic E-state index is 0.393. The van der Waals surface area contributed by atoms with Crippen molar-refractivity contribution < 1.29 is 23.1 Å². The lowest BCUT2D eigenvalue weighted by molar-refractivity contribution is -0.139. The molecule has 1 atom stereocenters. The minimum Gasteiger partial charge on any atom is -0.480 e. The lowest BCUT2D eigenvalue weighted by atomic mass is 10.0. The summed E-state index contributed by atoms with van der Waals surface area (Å²) < 4.78 is 38.1. The van der Waals surface area contributed by atoms with E-state index in [1.165, 1.54) is 12.1 Å². The first kappa shape index (κ1) is 20.0. The van der Waals surface area contributed by atoms with Gasteiger partial charge in [-0.3, -0.25) is 4.79 Å². The second-order valence-corrected chi connectivity index (χ2v) is 6.19. The standard InChI is InChI=1S/C20H22F3NO2/c21-20(22,23)17-11-6-10-15(13-17)9-4-5-12-24-18(19(25)26)14-16-7-2-1-3-8-16/h1-3,6-8,10-11,13,18,24H,4-5,9,12,14H2,(H,25,26)/t18-/m0/s1. The highest BCUT2D eigenvalue weighted by Crippen LogP contribution is 2.29. The Morgan fingerprint density at radius 1 is 1.00 bits per heavy atom. The van der Waals surface area contributed by atoms with E-state index in [0.29, 0.717) is 37.8 Å². The maximum atomic E-state index is 12.7. The van der Waals surface area contributed by atoms with Crippen molar-refractivity contribution in [3.63, 3.8) is 0 Å². The molecule has 0 aliphatic carbocycles. The molecule has 2 aromatic rings. The quantitative estimate of drug-likeness (QED) is 0.651. The molecule has 0 saturated carbocycles. The number of unbranched alkanes of at least 4 members (excludes halogenated alkanes) is 1. The van der Waals surface area contributed by atoms with Crippen LogP contribution in [0.2, 0.25) is 0 Å². The van der Waals surface area contributed by atoms with E-state index in [-0.39, 0.29) is 0 Å². The highest BCUT2D eigenvalue weighted by atomic mass is 19.4. The van der Waals surface area contributed by atoms with Crippen LogP contribution in [0.5, 0.6) is 0 Å². The van der Waals surface area contributed by atoms with Crippen LogP contribution in [-0.2, 0) is 23.8 Å². The topological polar surface area (TPSA) is 49.3 Å². The molecule has 2 N–H and O–H groups in total. The first-order valence-corrected chi connectivity index (χ1v) is 8.52. The van der Waals surface area contributed by atoms with Crippen molar-refractivity contribution in [2.75, 3.05) is 6.54 Å². The second-order valence-electron chi connectivity index (χ2n) is 6.19. The summed E-state index contributed by atoms with van der Waals surface area (Å²) in [6.45, 7) is 0.503. The van der Waals surface area contributed by atoms with Gasteiger partial charge in [0.15, 0.2) is 0 Å². The summed E-state index contributed by atoms with van der Waals surface area (Å²) in [7, 11) is 0. The van der Waals surface area contributed by atoms with Crippen molar-refractivity contribution in [2.45, 2.75) is 37.9 Å². The number of rotatable bonds is 9. The van der Waals surface area contributed by atoms with Gasteiger partial charge in [0.25, 0.3) is 0 Å². The van der Waals surface area contributed by atoms with Crippen LogP contribution < -0.4 is 5.32 Å². The summed E-state index contributed by atoms with van der Waals surface area (Å²) >= 11 is 0. The van der Waals surface area contributed by atoms with E-state index >= 15 is 0 Å². The predicted octanol–water partition coefficient (Wildman–Crippen LogP) is 4.31. The Morgan fingerprint density at radius 2 is 1.69 bits per heavy atom. The van der Waals surface area contributed by atoms with Gasteiger partial charge in [-0.15, -0.1) is 0 Å². The maximum Gasteiger partial charge on any atom is 0.416 e. The number of carboxylic acids is 1. The number of halogens is 3. The van der Waals surface area contributed by atoms with Gasteiger partial charge < -0.3 is 10.4 Å². The van der Waals surface area contributed by atoms with Gasteiger partial charge in [0.1, 0.15) is 6.04 Å². The van der Waals surface area contributed by atoms with Crippen LogP contribution in [0.1, 0.15) is 29.5 Å². The number of hydrogen-bond donors (Lipinski definition) is 2. The lowest BCUT2D eigenvalue weighted by Gasteiger charge is -2.14. The normalized spacial score (nSPS) is 12.7. The van der Waals surface area contributed by atoms with Crippen molar-refractivity contribution in [1.29, 1.82) is 0 Å². The minimum atomic E-state index is -4.33. The Morgan fingerprint density at radius 3 is 2.35 bits per heavy atom. The predicted molar refractivity (Wildman–Crippen MR) is 94.0 cm³/mol. The number of nitrogens with one attached hydrogen (secondary N) is 1. The molecule has 2 aromatic carbocycles. The van der Waals surface area contributed by atoms with Crippen LogP contribution in [0.25, 0.3) is 0 Å². The molecule has 2 rings (SSSR count). The summed E-state index contributed by atoms with van der Waals surface area (Å²) in [5.74, 6) is -0.910. The van der Waals surface area contributed by atoms with Crippen molar-refractivity contribution in [2.24, 2.45) is 0 Å². The van der Waals surface area contributed by atoms with Crippen LogP contribution in [-0.4, -0.2) is 23.7 Å². The molecule has 0 amide bonds. The number of hydrogen-bond acceptors (Lipinski definition) is 2. The van der Waals surface area contributed by atoms with Crippen LogP contribution in [0.4, 0.5) is 13.2 Å². The van der Waals surface area contributed by atoms with E-state index in [1.54, 1.807) is 6.07 Å². The molecule has 0 spiro atoms. The highest BCUT2D eigenvalue weighted by Gasteiger charge is 2.30. The summed E-state index contributed by atoms with van der Waals surface area (Å²) in [6.07, 6.45) is -2.03. The smallest absolute Gasteiger partial charge is 0.416 e. The molecular weight excluding hydrogens is 343 g/mol. The zero-order valence-corrected chi connectivity index (χ0v) is 14.3. The molecular formula is C20H22F3NO2. The van der Waals surface area contributed by atoms with E-state index in [0.717, 1.165) is 11.6 Å². The maximum absolute atomic E-state index is 12.7. The van der Waals surface area contributed by atoms with E-state index in [2.05, 4.69) is 5.32 Å². The fraction of sp³-hybridized carbons (Fsp3) is 0.350. The molecule has 140 valence electrons. The molecule has 26 heavy (non-hydrogen) atoms. The van der Waals surface area contributed by atoms with Crippen LogP contribution in [0, 0.1) is 0 Å². The molecule has 0 fully saturated rings. The average Bonchev–Trinajstić information content (AvgIpc) is 2.60. The molecule has 3 nitrogen and oxygen atoms in total. The number of carbonyl (C=O) groups is 1. The SMILES string of the molecule is O=C(O)[C@H](Cc1ccccc1)NCCCCc1cccc(C(F)(F)F)c1. The van der Waals surface area contributed by atoms with Crippen molar-refractivity contribution in [1.82, 2.24) is 5.32 Å². The zero-order valence-electron chi connectivity index (χ0n) is 14.3. The summed E-state index contributed by atoms with van der Waals surface area (Å²) in [5.41, 5.74) is 0.942. The van der Waals surface area contributed by atoms with Gasteiger partial charge in [-0.1, -0.05) is 48.5 Å². The third-order valence-electron chi connectivity index (χ3n) is 4.12. The van der Waals surface area contributed by atoms with Gasteiger partial charge in [0.05, 0.1) is 5.56 Å². The summed E-state index contributed by atoms with van der Waals surface area (Å²) in [4.78, 5) is 11.4. The number of carboxylic acid groups (broad SMARTS) is 1. The lowest BCUT2D eigenvalue weighted by Crippen LogP contribution is -2.39. The molecule has 0 saturated heterocycles. The Labute approximate surface area is 150 Å². The molecule has 0 aliphatic rings. The highest BCUT2D eigenvalue weighted by molar-refractivity contribution is 5.73. The van der Waals surface area contributed by atoms with Gasteiger partial charge >= 0.3 is 12.1 Å². The van der Waals surface area contributed by atoms with Gasteiger partial charge in [0, 0.05) is 0 Å². The Hall–Kier alpha value is -2.34. The molecule has 6 heteroatoms. The number of aryl methyl sites for hydroxylation is 1. The number of benzene rings is 2. The second kappa shape index (κ2) is 9.38. The van der Waals surface area contributed by atoms with Gasteiger partial charge in [-0.2, -0.15) is 13.2 Å². The van der Waals surface area contributed by atoms with Gasteiger partial charge in [0.2, 0.25) is 0 Å². The third-order valence-corrected chi connectivity index (χ3v) is 4.12. The van der Waals surface area contributed by atoms with Crippen molar-refractivity contribution >= 4 is 5.97 Å². The van der Waals surface area contributed by atoms with E-state index in [9.17, 15) is 23.1 Å². The fourth-order valence-corrected chi connectivity index (χ4v) is 2.73. The molecule has 0 bridgehead atoms. The zero-order chi connectivity index (χ0) is 19.0. The van der Waals surface area contributed by atoms with Crippen molar-refractivity contribution in [3.05, 3.63) is 71.3 Å². The largest absolute Gasteiger partial charge is 0.480 e. The summed E-state index contributed by atoms with van der Waals surface area (Å²) in [5, 5.41) is 12.3. The summed E-state index contributed by atoms with van der Waals surface area (Å²) in [6, 6.07) is 14.0. The molecule has 0 aliphatic heterocycles. The van der Waals surface area contributed by atoms with Crippen LogP contribution in [0.15, 0.2) is 54.6 Å². The third kappa shape index (κ3) is 6.52. The Kier molecular flexibility index (Phi) is 7.21. The average molecular weight is 365 g/mol. The molecule has 0 heterocycles. The Bertz CT molecular complexity index is 702. The Balaban J connectivity index is 1.76. The molecule has 0 unspecified atom stereocenters. The van der Waals surface area contributed by atoms with E-state index < -0.39 is 23.8 Å². The van der Waals surface area contributed by atoms with E-state index in [4.69, 9.17) is 0 Å². The first-order chi connectivity index (χ1) is 12.4. The first-order valence-electron chi connectivity index (χ1n) is 8.52. The number of aliphatic carboxylic acids is 1.